The Hall–Kier alpha value is -3.04. The third kappa shape index (κ3) is 4.43. The Morgan fingerprint density at radius 3 is 2.52 bits per heavy atom. The summed E-state index contributed by atoms with van der Waals surface area (Å²) in [4.78, 5) is 20.4. The molecule has 3 aromatic rings. The lowest BCUT2D eigenvalue weighted by Crippen LogP contribution is -2.44. The molecular weight excluding hydrogens is 448 g/mol. The molecule has 0 unspecified atom stereocenters. The van der Waals surface area contributed by atoms with Crippen LogP contribution in [0.3, 0.4) is 0 Å². The van der Waals surface area contributed by atoms with E-state index in [0.29, 0.717) is 30.4 Å². The summed E-state index contributed by atoms with van der Waals surface area (Å²) in [5.41, 5.74) is 1.60. The average molecular weight is 472 g/mol. The first-order chi connectivity index (χ1) is 16.0. The molecule has 4 heterocycles. The molecule has 0 spiro atoms. The topological polar surface area (TPSA) is 60.4 Å². The zero-order valence-corrected chi connectivity index (χ0v) is 19.0. The van der Waals surface area contributed by atoms with Gasteiger partial charge in [-0.3, -0.25) is 0 Å². The van der Waals surface area contributed by atoms with Crippen molar-refractivity contribution < 1.29 is 8.78 Å². The van der Waals surface area contributed by atoms with Crippen LogP contribution >= 0.6 is 11.6 Å². The van der Waals surface area contributed by atoms with Crippen LogP contribution in [0.4, 0.5) is 26.2 Å². The Morgan fingerprint density at radius 1 is 0.970 bits per heavy atom. The van der Waals surface area contributed by atoms with Gasteiger partial charge in [0.2, 0.25) is 0 Å². The number of pyridine rings is 1. The predicted molar refractivity (Wildman–Crippen MR) is 126 cm³/mol. The van der Waals surface area contributed by atoms with Crippen LogP contribution in [-0.4, -0.2) is 66.2 Å². The van der Waals surface area contributed by atoms with Crippen LogP contribution in [0.15, 0.2) is 36.7 Å². The molecule has 0 atom stereocenters. The van der Waals surface area contributed by atoms with E-state index in [0.717, 1.165) is 49.7 Å². The highest BCUT2D eigenvalue weighted by Gasteiger charge is 2.24. The molecule has 0 radical (unpaired) electrons. The van der Waals surface area contributed by atoms with Gasteiger partial charge in [0.1, 0.15) is 17.5 Å². The number of aromatic nitrogens is 3. The molecule has 1 saturated heterocycles. The maximum atomic E-state index is 14.4. The molecule has 0 aliphatic carbocycles. The molecule has 2 aromatic heterocycles. The number of hydrogen-bond acceptors (Lipinski definition) is 7. The van der Waals surface area contributed by atoms with E-state index in [4.69, 9.17) is 16.6 Å². The van der Waals surface area contributed by atoms with Crippen LogP contribution in [0.2, 0.25) is 5.02 Å². The monoisotopic (exact) mass is 471 g/mol. The zero-order valence-electron chi connectivity index (χ0n) is 18.2. The van der Waals surface area contributed by atoms with Crippen molar-refractivity contribution >= 4 is 29.1 Å². The van der Waals surface area contributed by atoms with Crippen LogP contribution in [0.5, 0.6) is 0 Å². The van der Waals surface area contributed by atoms with Crippen LogP contribution in [0.1, 0.15) is 5.56 Å². The van der Waals surface area contributed by atoms with Gasteiger partial charge in [0.15, 0.2) is 11.6 Å². The van der Waals surface area contributed by atoms with Crippen LogP contribution in [0, 0.1) is 11.6 Å². The molecule has 172 valence electrons. The van der Waals surface area contributed by atoms with Crippen molar-refractivity contribution in [2.75, 3.05) is 61.4 Å². The third-order valence-corrected chi connectivity index (χ3v) is 6.50. The number of likely N-dealkylation sites (N-methyl/N-ethyl adjacent to an activating group) is 1. The molecule has 1 fully saturated rings. The molecule has 1 aromatic carbocycles. The van der Waals surface area contributed by atoms with Crippen LogP contribution in [0.25, 0.3) is 11.3 Å². The van der Waals surface area contributed by atoms with Crippen LogP contribution < -0.4 is 15.1 Å². The Bertz CT molecular complexity index is 1150. The maximum Gasteiger partial charge on any atom is 0.172 e. The lowest BCUT2D eigenvalue weighted by molar-refractivity contribution is 0.312. The number of nitrogens with one attached hydrogen (secondary N) is 1. The Labute approximate surface area is 196 Å². The quantitative estimate of drug-likeness (QED) is 0.583. The van der Waals surface area contributed by atoms with E-state index in [-0.39, 0.29) is 17.1 Å². The molecule has 0 amide bonds. The average Bonchev–Trinajstić information content (AvgIpc) is 2.84. The van der Waals surface area contributed by atoms with Gasteiger partial charge in [0, 0.05) is 63.1 Å². The molecule has 2 aliphatic heterocycles. The fourth-order valence-electron chi connectivity index (χ4n) is 4.10. The first-order valence-electron chi connectivity index (χ1n) is 10.9. The number of anilines is 3. The Balaban J connectivity index is 1.40. The summed E-state index contributed by atoms with van der Waals surface area (Å²) in [5.74, 6) is 0.919. The highest BCUT2D eigenvalue weighted by Crippen LogP contribution is 2.32. The Kier molecular flexibility index (Phi) is 5.99. The molecule has 5 rings (SSSR count). The van der Waals surface area contributed by atoms with Gasteiger partial charge in [-0.15, -0.1) is 0 Å². The number of fused-ring (bicyclic) bond motifs is 1. The van der Waals surface area contributed by atoms with Crippen molar-refractivity contribution in [3.8, 4) is 11.3 Å². The minimum Gasteiger partial charge on any atom is -0.365 e. The summed E-state index contributed by atoms with van der Waals surface area (Å²) in [7, 11) is 2.12. The summed E-state index contributed by atoms with van der Waals surface area (Å²) in [6, 6.07) is 6.11. The SMILES string of the molecule is CN1CCN(c2ccc(-c3cnc4c(n3)N(Cc3c(F)ccc(F)c3Cl)CCN4)cn2)CC1. The highest BCUT2D eigenvalue weighted by molar-refractivity contribution is 6.31. The first-order valence-corrected chi connectivity index (χ1v) is 11.3. The highest BCUT2D eigenvalue weighted by atomic mass is 35.5. The minimum atomic E-state index is -0.644. The summed E-state index contributed by atoms with van der Waals surface area (Å²) < 4.78 is 28.3. The second kappa shape index (κ2) is 9.07. The van der Waals surface area contributed by atoms with E-state index in [9.17, 15) is 8.78 Å². The molecular formula is C23H24ClF2N7. The lowest BCUT2D eigenvalue weighted by atomic mass is 10.1. The van der Waals surface area contributed by atoms with Gasteiger partial charge in [-0.25, -0.2) is 23.7 Å². The molecule has 2 aliphatic rings. The standard InChI is InChI=1S/C23H24ClF2N7/c1-31-8-10-32(11-9-31)20-5-2-15(12-28-20)19-13-29-22-23(30-19)33(7-6-27-22)14-16-17(25)3-4-18(26)21(16)24/h2-5,12-13H,6-11,14H2,1H3,(H,27,29). The van der Waals surface area contributed by atoms with Gasteiger partial charge in [-0.05, 0) is 31.3 Å². The van der Waals surface area contributed by atoms with Gasteiger partial charge in [0.05, 0.1) is 16.9 Å². The number of piperazine rings is 1. The molecule has 10 heteroatoms. The summed E-state index contributed by atoms with van der Waals surface area (Å²) in [6.07, 6.45) is 3.49. The smallest absolute Gasteiger partial charge is 0.172 e. The fraction of sp³-hybridized carbons (Fsp3) is 0.348. The van der Waals surface area contributed by atoms with Gasteiger partial charge < -0.3 is 20.0 Å². The summed E-state index contributed by atoms with van der Waals surface area (Å²) >= 11 is 6.05. The van der Waals surface area contributed by atoms with Crippen molar-refractivity contribution in [3.63, 3.8) is 0 Å². The number of halogens is 3. The van der Waals surface area contributed by atoms with E-state index in [1.807, 2.05) is 17.0 Å². The summed E-state index contributed by atoms with van der Waals surface area (Å²) in [5, 5.41) is 3.01. The van der Waals surface area contributed by atoms with Crippen molar-refractivity contribution in [3.05, 3.63) is 58.9 Å². The van der Waals surface area contributed by atoms with E-state index < -0.39 is 11.6 Å². The lowest BCUT2D eigenvalue weighted by Gasteiger charge is -2.33. The van der Waals surface area contributed by atoms with Crippen molar-refractivity contribution in [2.45, 2.75) is 6.54 Å². The van der Waals surface area contributed by atoms with Gasteiger partial charge >= 0.3 is 0 Å². The molecule has 0 saturated carbocycles. The number of rotatable bonds is 4. The number of benzene rings is 1. The van der Waals surface area contributed by atoms with Gasteiger partial charge in [0.25, 0.3) is 0 Å². The normalized spacial score (nSPS) is 16.5. The largest absolute Gasteiger partial charge is 0.365 e. The third-order valence-electron chi connectivity index (χ3n) is 6.09. The van der Waals surface area contributed by atoms with Gasteiger partial charge in [-0.2, -0.15) is 0 Å². The Morgan fingerprint density at radius 2 is 1.76 bits per heavy atom. The molecule has 1 N–H and O–H groups in total. The minimum absolute atomic E-state index is 0.0931. The fourth-order valence-corrected chi connectivity index (χ4v) is 4.31. The van der Waals surface area contributed by atoms with Crippen molar-refractivity contribution in [1.82, 2.24) is 19.9 Å². The number of nitrogens with zero attached hydrogens (tertiary/aromatic N) is 6. The molecule has 7 nitrogen and oxygen atoms in total. The predicted octanol–water partition coefficient (Wildman–Crippen LogP) is 3.65. The maximum absolute atomic E-state index is 14.4. The van der Waals surface area contributed by atoms with E-state index in [2.05, 4.69) is 32.1 Å². The molecule has 0 bridgehead atoms. The van der Waals surface area contributed by atoms with E-state index in [1.54, 1.807) is 12.4 Å². The second-order valence-corrected chi connectivity index (χ2v) is 8.67. The van der Waals surface area contributed by atoms with Crippen LogP contribution in [-0.2, 0) is 6.54 Å². The van der Waals surface area contributed by atoms with E-state index >= 15 is 0 Å². The van der Waals surface area contributed by atoms with Gasteiger partial charge in [-0.1, -0.05) is 11.6 Å². The van der Waals surface area contributed by atoms with Crippen molar-refractivity contribution in [2.24, 2.45) is 0 Å². The first kappa shape index (κ1) is 21.8. The summed E-state index contributed by atoms with van der Waals surface area (Å²) in [6.45, 7) is 5.17. The zero-order chi connectivity index (χ0) is 22.9. The van der Waals surface area contributed by atoms with E-state index in [1.165, 1.54) is 0 Å². The molecule has 33 heavy (non-hydrogen) atoms. The second-order valence-electron chi connectivity index (χ2n) is 8.29. The van der Waals surface area contributed by atoms with Crippen molar-refractivity contribution in [1.29, 1.82) is 0 Å². The number of hydrogen-bond donors (Lipinski definition) is 1.